The lowest BCUT2D eigenvalue weighted by molar-refractivity contribution is 0.671. The molecule has 0 unspecified atom stereocenters. The summed E-state index contributed by atoms with van der Waals surface area (Å²) in [4.78, 5) is 0. The van der Waals surface area contributed by atoms with E-state index in [9.17, 15) is 0 Å². The van der Waals surface area contributed by atoms with Crippen LogP contribution in [0.25, 0.3) is 0 Å². The monoisotopic (exact) mass is 80.0 g/mol. The molecule has 2 heteroatoms. The zero-order chi connectivity index (χ0) is 3.98. The highest BCUT2D eigenvalue weighted by Gasteiger charge is 1.88. The summed E-state index contributed by atoms with van der Waals surface area (Å²) in [6.45, 7) is 0. The van der Waals surface area contributed by atoms with Crippen LogP contribution in [-0.2, 0) is 0 Å². The molecule has 0 fully saturated rings. The van der Waals surface area contributed by atoms with E-state index in [2.05, 4.69) is 0 Å². The molecule has 0 saturated carbocycles. The molecule has 0 bridgehead atoms. The fraction of sp³-hybridized carbons (Fsp3) is 0. The third-order valence-corrected chi connectivity index (χ3v) is 1.01. The van der Waals surface area contributed by atoms with Crippen LogP contribution in [0.4, 0.5) is 0 Å². The molecule has 30 valence electrons. The van der Waals surface area contributed by atoms with Crippen molar-refractivity contribution in [3.63, 3.8) is 0 Å². The van der Waals surface area contributed by atoms with Crippen molar-refractivity contribution < 1.29 is 0 Å². The highest BCUT2D eigenvalue weighted by atomic mass is 15.4. The molecule has 0 N–H and O–H groups in total. The van der Waals surface area contributed by atoms with Crippen LogP contribution in [-0.4, -0.2) is 9.03 Å². The normalized spacial score (nSPS) is 11.3. The minimum atomic E-state index is 2.00. The topological polar surface area (TPSA) is 8.82 Å². The maximum atomic E-state index is 2.00. The standard InChI is InChI=1S/C4H4N2/c1-2-6-4-3-5(1)6/h1-4H. The van der Waals surface area contributed by atoms with E-state index in [0.29, 0.717) is 0 Å². The second kappa shape index (κ2) is 0.469. The number of nitrogens with zero attached hydrogens (tertiary/aromatic N) is 2. The third-order valence-electron chi connectivity index (χ3n) is 1.01. The Bertz CT molecular complexity index is 172. The van der Waals surface area contributed by atoms with E-state index in [1.54, 1.807) is 0 Å². The highest BCUT2D eigenvalue weighted by molar-refractivity contribution is 4.88. The van der Waals surface area contributed by atoms with Gasteiger partial charge in [-0.25, -0.2) is 0 Å². The minimum absolute atomic E-state index is 2.00. The summed E-state index contributed by atoms with van der Waals surface area (Å²) in [7, 11) is 0. The van der Waals surface area contributed by atoms with Crippen molar-refractivity contribution in [3.8, 4) is 0 Å². The first-order valence-electron chi connectivity index (χ1n) is 1.90. The molecule has 2 rings (SSSR count). The van der Waals surface area contributed by atoms with Crippen molar-refractivity contribution in [1.82, 2.24) is 9.03 Å². The average molecular weight is 80.1 g/mol. The Morgan fingerprint density at radius 2 is 1.00 bits per heavy atom. The van der Waals surface area contributed by atoms with Crippen LogP contribution in [0.15, 0.2) is 24.8 Å². The van der Waals surface area contributed by atoms with Crippen LogP contribution >= 0.6 is 0 Å². The van der Waals surface area contributed by atoms with Gasteiger partial charge in [0.25, 0.3) is 0 Å². The van der Waals surface area contributed by atoms with Gasteiger partial charge >= 0.3 is 0 Å². The van der Waals surface area contributed by atoms with Crippen LogP contribution < -0.4 is 0 Å². The van der Waals surface area contributed by atoms with Crippen LogP contribution in [0, 0.1) is 0 Å². The fourth-order valence-corrected chi connectivity index (χ4v) is 0.541. The molecule has 0 aromatic carbocycles. The van der Waals surface area contributed by atoms with Gasteiger partial charge in [0.05, 0.1) is 0 Å². The molecule has 2 heterocycles. The molecule has 0 saturated heterocycles. The van der Waals surface area contributed by atoms with Gasteiger partial charge in [-0.1, -0.05) is 0 Å². The van der Waals surface area contributed by atoms with Gasteiger partial charge in [0.15, 0.2) is 0 Å². The first kappa shape index (κ1) is 2.29. The summed E-state index contributed by atoms with van der Waals surface area (Å²) in [5.74, 6) is 0. The van der Waals surface area contributed by atoms with Crippen LogP contribution in [0.3, 0.4) is 0 Å². The quantitative estimate of drug-likeness (QED) is 0.435. The molecule has 0 radical (unpaired) electrons. The zero-order valence-electron chi connectivity index (χ0n) is 3.20. The third kappa shape index (κ3) is 0.0779. The van der Waals surface area contributed by atoms with E-state index in [4.69, 9.17) is 0 Å². The van der Waals surface area contributed by atoms with Gasteiger partial charge in [0.1, 0.15) is 0 Å². The Morgan fingerprint density at radius 1 is 0.667 bits per heavy atom. The molecule has 0 aliphatic carbocycles. The summed E-state index contributed by atoms with van der Waals surface area (Å²) < 4.78 is 4.00. The number of aromatic nitrogens is 2. The lowest BCUT2D eigenvalue weighted by atomic mass is 10.7. The first-order chi connectivity index (χ1) is 2.97. The van der Waals surface area contributed by atoms with E-state index in [1.165, 1.54) is 0 Å². The van der Waals surface area contributed by atoms with Crippen molar-refractivity contribution >= 4 is 0 Å². The summed E-state index contributed by atoms with van der Waals surface area (Å²) in [5.41, 5.74) is 0. The van der Waals surface area contributed by atoms with E-state index >= 15 is 0 Å². The van der Waals surface area contributed by atoms with E-state index in [0.717, 1.165) is 0 Å². The predicted octanol–water partition coefficient (Wildman–Crippen LogP) is 0.477. The lowest BCUT2D eigenvalue weighted by Gasteiger charge is -2.09. The molecule has 0 aliphatic rings. The molecule has 2 nitrogen and oxygen atoms in total. The summed E-state index contributed by atoms with van der Waals surface area (Å²) in [6, 6.07) is 0. The largest absolute Gasteiger partial charge is 0.262 e. The highest BCUT2D eigenvalue weighted by Crippen LogP contribution is 1.92. The number of hydrogen-bond donors (Lipinski definition) is 0. The molecule has 2 aromatic heterocycles. The number of rotatable bonds is 0. The zero-order valence-corrected chi connectivity index (χ0v) is 3.20. The van der Waals surface area contributed by atoms with Gasteiger partial charge in [0.2, 0.25) is 0 Å². The van der Waals surface area contributed by atoms with Crippen molar-refractivity contribution in [1.29, 1.82) is 0 Å². The number of hydrogen-bond acceptors (Lipinski definition) is 0. The Labute approximate surface area is 34.9 Å². The van der Waals surface area contributed by atoms with Gasteiger partial charge in [-0.05, 0) is 0 Å². The maximum Gasteiger partial charge on any atom is 0.0451 e. The molecule has 0 amide bonds. The molecular weight excluding hydrogens is 76.1 g/mol. The minimum Gasteiger partial charge on any atom is -0.262 e. The van der Waals surface area contributed by atoms with Crippen molar-refractivity contribution in [3.05, 3.63) is 24.8 Å². The van der Waals surface area contributed by atoms with Gasteiger partial charge in [-0.2, -0.15) is 0 Å². The van der Waals surface area contributed by atoms with Gasteiger partial charge in [0, 0.05) is 24.8 Å². The second-order valence-corrected chi connectivity index (χ2v) is 1.36. The smallest absolute Gasteiger partial charge is 0.0451 e. The Morgan fingerprint density at radius 3 is 1.00 bits per heavy atom. The van der Waals surface area contributed by atoms with Gasteiger partial charge < -0.3 is 0 Å². The summed E-state index contributed by atoms with van der Waals surface area (Å²) in [5, 5.41) is 0. The Hall–Kier alpha value is -0.920. The molecular formula is C4H4N2. The fourth-order valence-electron chi connectivity index (χ4n) is 0.541. The van der Waals surface area contributed by atoms with Crippen molar-refractivity contribution in [2.45, 2.75) is 0 Å². The SMILES string of the molecule is c1cn2ccn12. The molecule has 6 heavy (non-hydrogen) atoms. The molecule has 0 aliphatic heterocycles. The van der Waals surface area contributed by atoms with Crippen LogP contribution in [0.1, 0.15) is 0 Å². The van der Waals surface area contributed by atoms with Gasteiger partial charge in [-0.15, -0.1) is 0 Å². The summed E-state index contributed by atoms with van der Waals surface area (Å²) in [6.07, 6.45) is 8.00. The maximum absolute atomic E-state index is 2.00. The number of fused-ring (bicyclic) bond motifs is 1. The molecule has 0 atom stereocenters. The molecule has 0 spiro atoms. The van der Waals surface area contributed by atoms with Crippen LogP contribution in [0.5, 0.6) is 0 Å². The predicted molar refractivity (Wildman–Crippen MR) is 22.0 cm³/mol. The molecule has 2 aromatic rings. The Kier molecular flexibility index (Phi) is 0.179. The van der Waals surface area contributed by atoms with Crippen LogP contribution in [0.2, 0.25) is 0 Å². The van der Waals surface area contributed by atoms with Gasteiger partial charge in [-0.3, -0.25) is 9.03 Å². The average Bonchev–Trinajstić information content (AvgIpc) is 1.54. The summed E-state index contributed by atoms with van der Waals surface area (Å²) >= 11 is 0. The van der Waals surface area contributed by atoms with Crippen molar-refractivity contribution in [2.75, 3.05) is 0 Å². The lowest BCUT2D eigenvalue weighted by Crippen LogP contribution is -2.08. The van der Waals surface area contributed by atoms with E-state index in [-0.39, 0.29) is 0 Å². The first-order valence-corrected chi connectivity index (χ1v) is 1.90. The van der Waals surface area contributed by atoms with E-state index in [1.807, 2.05) is 33.8 Å². The Balaban J connectivity index is 3.04. The van der Waals surface area contributed by atoms with E-state index < -0.39 is 0 Å². The van der Waals surface area contributed by atoms with Crippen molar-refractivity contribution in [2.24, 2.45) is 0 Å². The second-order valence-electron chi connectivity index (χ2n) is 1.36.